The van der Waals surface area contributed by atoms with E-state index in [1.807, 2.05) is 17.5 Å². The van der Waals surface area contributed by atoms with Gasteiger partial charge in [0.25, 0.3) is 17.7 Å². The van der Waals surface area contributed by atoms with Gasteiger partial charge in [0, 0.05) is 4.88 Å². The minimum atomic E-state index is -0.526. The van der Waals surface area contributed by atoms with Crippen LogP contribution >= 0.6 is 11.3 Å². The van der Waals surface area contributed by atoms with Gasteiger partial charge in [-0.25, -0.2) is 5.43 Å². The van der Waals surface area contributed by atoms with Gasteiger partial charge in [-0.1, -0.05) is 18.2 Å². The van der Waals surface area contributed by atoms with Gasteiger partial charge in [0.2, 0.25) is 0 Å². The van der Waals surface area contributed by atoms with E-state index in [0.29, 0.717) is 11.1 Å². The molecule has 1 N–H and O–H groups in total. The van der Waals surface area contributed by atoms with E-state index in [1.54, 1.807) is 24.3 Å². The van der Waals surface area contributed by atoms with Crippen molar-refractivity contribution >= 4 is 35.3 Å². The van der Waals surface area contributed by atoms with Gasteiger partial charge in [-0.2, -0.15) is 5.10 Å². The minimum Gasteiger partial charge on any atom is -0.271 e. The van der Waals surface area contributed by atoms with E-state index in [-0.39, 0.29) is 6.54 Å². The van der Waals surface area contributed by atoms with E-state index in [4.69, 9.17) is 0 Å². The molecule has 7 heteroatoms. The van der Waals surface area contributed by atoms with Gasteiger partial charge in [-0.15, -0.1) is 11.3 Å². The normalized spacial score (nSPS) is 13.7. The van der Waals surface area contributed by atoms with E-state index >= 15 is 0 Å². The number of fused-ring (bicyclic) bond motifs is 1. The van der Waals surface area contributed by atoms with E-state index in [0.717, 1.165) is 9.78 Å². The van der Waals surface area contributed by atoms with Crippen molar-refractivity contribution in [3.05, 3.63) is 57.8 Å². The van der Waals surface area contributed by atoms with Crippen molar-refractivity contribution in [2.24, 2.45) is 5.10 Å². The van der Waals surface area contributed by atoms with Crippen molar-refractivity contribution in [2.75, 3.05) is 6.54 Å². The largest absolute Gasteiger partial charge is 0.271 e. The van der Waals surface area contributed by atoms with Gasteiger partial charge in [0.05, 0.1) is 17.3 Å². The molecule has 110 valence electrons. The second kappa shape index (κ2) is 5.90. The molecule has 3 rings (SSSR count). The highest BCUT2D eigenvalue weighted by molar-refractivity contribution is 7.11. The van der Waals surface area contributed by atoms with Crippen LogP contribution in [0, 0.1) is 0 Å². The van der Waals surface area contributed by atoms with E-state index < -0.39 is 17.7 Å². The number of hydrogen-bond acceptors (Lipinski definition) is 5. The van der Waals surface area contributed by atoms with Gasteiger partial charge in [0.15, 0.2) is 0 Å². The average molecular weight is 313 g/mol. The smallest absolute Gasteiger partial charge is 0.262 e. The van der Waals surface area contributed by atoms with Crippen molar-refractivity contribution in [2.45, 2.75) is 0 Å². The Balaban J connectivity index is 1.63. The summed E-state index contributed by atoms with van der Waals surface area (Å²) in [5, 5.41) is 5.68. The lowest BCUT2D eigenvalue weighted by Crippen LogP contribution is -2.38. The van der Waals surface area contributed by atoms with Gasteiger partial charge in [-0.05, 0) is 23.6 Å². The molecule has 0 radical (unpaired) electrons. The Morgan fingerprint density at radius 1 is 1.14 bits per heavy atom. The standard InChI is InChI=1S/C15H11N3O3S/c19-13(17-16-8-10-4-3-7-22-10)9-18-14(20)11-5-1-2-6-12(11)15(18)21/h1-8H,9H2,(H,17,19)/b16-8-. The van der Waals surface area contributed by atoms with Crippen molar-refractivity contribution in [3.8, 4) is 0 Å². The number of carbonyl (C=O) groups is 3. The molecule has 3 amide bonds. The van der Waals surface area contributed by atoms with Gasteiger partial charge < -0.3 is 0 Å². The summed E-state index contributed by atoms with van der Waals surface area (Å²) in [7, 11) is 0. The van der Waals surface area contributed by atoms with Crippen LogP contribution in [-0.2, 0) is 4.79 Å². The Morgan fingerprint density at radius 2 is 1.82 bits per heavy atom. The minimum absolute atomic E-state index is 0.322. The van der Waals surface area contributed by atoms with Crippen LogP contribution in [0.5, 0.6) is 0 Å². The van der Waals surface area contributed by atoms with Crippen molar-refractivity contribution in [1.29, 1.82) is 0 Å². The maximum absolute atomic E-state index is 12.1. The molecule has 0 atom stereocenters. The summed E-state index contributed by atoms with van der Waals surface area (Å²) in [6.07, 6.45) is 1.50. The molecular weight excluding hydrogens is 302 g/mol. The van der Waals surface area contributed by atoms with Crippen molar-refractivity contribution < 1.29 is 14.4 Å². The Labute approximate surface area is 130 Å². The number of hydrazone groups is 1. The first-order chi connectivity index (χ1) is 10.7. The van der Waals surface area contributed by atoms with Crippen molar-refractivity contribution in [3.63, 3.8) is 0 Å². The lowest BCUT2D eigenvalue weighted by atomic mass is 10.1. The zero-order chi connectivity index (χ0) is 15.5. The number of rotatable bonds is 4. The zero-order valence-corrected chi connectivity index (χ0v) is 12.2. The number of thiophene rings is 1. The summed E-state index contributed by atoms with van der Waals surface area (Å²) in [6, 6.07) is 10.2. The van der Waals surface area contributed by atoms with Crippen LogP contribution in [0.2, 0.25) is 0 Å². The first kappa shape index (κ1) is 14.2. The van der Waals surface area contributed by atoms with Gasteiger partial charge in [-0.3, -0.25) is 19.3 Å². The quantitative estimate of drug-likeness (QED) is 0.528. The van der Waals surface area contributed by atoms with Gasteiger partial charge >= 0.3 is 0 Å². The Morgan fingerprint density at radius 3 is 2.41 bits per heavy atom. The monoisotopic (exact) mass is 313 g/mol. The molecule has 2 heterocycles. The fraction of sp³-hybridized carbons (Fsp3) is 0.0667. The molecule has 6 nitrogen and oxygen atoms in total. The zero-order valence-electron chi connectivity index (χ0n) is 11.4. The van der Waals surface area contributed by atoms with Crippen LogP contribution in [0.4, 0.5) is 0 Å². The molecule has 2 aromatic rings. The topological polar surface area (TPSA) is 78.8 Å². The first-order valence-corrected chi connectivity index (χ1v) is 7.35. The molecule has 0 fully saturated rings. The highest BCUT2D eigenvalue weighted by Gasteiger charge is 2.36. The Hall–Kier alpha value is -2.80. The lowest BCUT2D eigenvalue weighted by molar-refractivity contribution is -0.121. The number of carbonyl (C=O) groups excluding carboxylic acids is 3. The second-order valence-electron chi connectivity index (χ2n) is 4.55. The van der Waals surface area contributed by atoms with Crippen LogP contribution in [0.3, 0.4) is 0 Å². The maximum Gasteiger partial charge on any atom is 0.262 e. The summed E-state index contributed by atoms with van der Waals surface area (Å²) in [5.41, 5.74) is 2.95. The number of benzene rings is 1. The molecule has 0 unspecified atom stereocenters. The number of nitrogens with one attached hydrogen (secondary N) is 1. The third-order valence-electron chi connectivity index (χ3n) is 3.10. The highest BCUT2D eigenvalue weighted by Crippen LogP contribution is 2.21. The molecule has 0 saturated heterocycles. The fourth-order valence-corrected chi connectivity index (χ4v) is 2.68. The fourth-order valence-electron chi connectivity index (χ4n) is 2.09. The number of imide groups is 1. The molecule has 0 saturated carbocycles. The molecule has 0 spiro atoms. The molecule has 1 aromatic carbocycles. The third kappa shape index (κ3) is 2.66. The second-order valence-corrected chi connectivity index (χ2v) is 5.53. The molecule has 1 aliphatic rings. The van der Waals surface area contributed by atoms with Crippen LogP contribution in [0.1, 0.15) is 25.6 Å². The number of amides is 3. The van der Waals surface area contributed by atoms with E-state index in [9.17, 15) is 14.4 Å². The van der Waals surface area contributed by atoms with E-state index in [2.05, 4.69) is 10.5 Å². The Bertz CT molecular complexity index is 733. The SMILES string of the molecule is O=C(CN1C(=O)c2ccccc2C1=O)N/N=C\c1cccs1. The summed E-state index contributed by atoms with van der Waals surface area (Å²) < 4.78 is 0. The van der Waals surface area contributed by atoms with Crippen LogP contribution in [-0.4, -0.2) is 35.4 Å². The number of hydrogen-bond donors (Lipinski definition) is 1. The molecule has 0 aliphatic carbocycles. The summed E-state index contributed by atoms with van der Waals surface area (Å²) >= 11 is 1.48. The summed E-state index contributed by atoms with van der Waals surface area (Å²) in [6.45, 7) is -0.353. The van der Waals surface area contributed by atoms with Gasteiger partial charge in [0.1, 0.15) is 6.54 Å². The molecule has 1 aromatic heterocycles. The Kier molecular flexibility index (Phi) is 3.80. The maximum atomic E-state index is 12.1. The molecule has 1 aliphatic heterocycles. The first-order valence-electron chi connectivity index (χ1n) is 6.47. The summed E-state index contributed by atoms with van der Waals surface area (Å²) in [4.78, 5) is 37.8. The predicted octanol–water partition coefficient (Wildman–Crippen LogP) is 1.49. The molecular formula is C15H11N3O3S. The predicted molar refractivity (Wildman–Crippen MR) is 81.9 cm³/mol. The third-order valence-corrected chi connectivity index (χ3v) is 3.91. The lowest BCUT2D eigenvalue weighted by Gasteiger charge is -2.11. The highest BCUT2D eigenvalue weighted by atomic mass is 32.1. The number of nitrogens with zero attached hydrogens (tertiary/aromatic N) is 2. The molecule has 0 bridgehead atoms. The van der Waals surface area contributed by atoms with Crippen LogP contribution in [0.25, 0.3) is 0 Å². The summed E-state index contributed by atoms with van der Waals surface area (Å²) in [5.74, 6) is -1.45. The van der Waals surface area contributed by atoms with Crippen LogP contribution < -0.4 is 5.43 Å². The van der Waals surface area contributed by atoms with Crippen LogP contribution in [0.15, 0.2) is 46.9 Å². The molecule has 22 heavy (non-hydrogen) atoms. The van der Waals surface area contributed by atoms with Crippen molar-refractivity contribution in [1.82, 2.24) is 10.3 Å². The average Bonchev–Trinajstić information content (AvgIpc) is 3.11. The van der Waals surface area contributed by atoms with E-state index in [1.165, 1.54) is 17.6 Å².